The Hall–Kier alpha value is -2.35. The minimum Gasteiger partial charge on any atom is -0.462 e. The fourth-order valence-corrected chi connectivity index (χ4v) is 2.57. The molecule has 0 unspecified atom stereocenters. The van der Waals surface area contributed by atoms with Crippen LogP contribution < -0.4 is 5.32 Å². The van der Waals surface area contributed by atoms with Crippen molar-refractivity contribution in [2.24, 2.45) is 0 Å². The molecule has 24 heavy (non-hydrogen) atoms. The first-order chi connectivity index (χ1) is 11.7. The van der Waals surface area contributed by atoms with E-state index in [0.717, 1.165) is 12.8 Å². The zero-order valence-electron chi connectivity index (χ0n) is 13.2. The lowest BCUT2D eigenvalue weighted by Crippen LogP contribution is -2.14. The van der Waals surface area contributed by atoms with Gasteiger partial charge in [-0.25, -0.2) is 4.79 Å². The fraction of sp³-hybridized carbons (Fsp3) is 0.375. The van der Waals surface area contributed by atoms with Crippen molar-refractivity contribution in [2.75, 3.05) is 17.7 Å². The molecule has 0 spiro atoms. The highest BCUT2D eigenvalue weighted by Gasteiger charge is 2.29. The summed E-state index contributed by atoms with van der Waals surface area (Å²) in [7, 11) is 0. The van der Waals surface area contributed by atoms with Crippen molar-refractivity contribution in [2.45, 2.75) is 30.9 Å². The van der Waals surface area contributed by atoms with Crippen molar-refractivity contribution >= 4 is 29.3 Å². The summed E-state index contributed by atoms with van der Waals surface area (Å²) in [4.78, 5) is 23.5. The topological polar surface area (TPSA) is 94.3 Å². The number of rotatable bonds is 7. The van der Waals surface area contributed by atoms with Gasteiger partial charge in [-0.3, -0.25) is 4.79 Å². The average molecular weight is 347 g/mol. The first-order valence-corrected chi connectivity index (χ1v) is 8.67. The lowest BCUT2D eigenvalue weighted by molar-refractivity contribution is -0.113. The van der Waals surface area contributed by atoms with Crippen molar-refractivity contribution in [3.63, 3.8) is 0 Å². The zero-order valence-corrected chi connectivity index (χ0v) is 14.0. The van der Waals surface area contributed by atoms with E-state index < -0.39 is 0 Å². The molecule has 1 aliphatic carbocycles. The molecule has 0 radical (unpaired) electrons. The molecule has 1 saturated carbocycles. The monoisotopic (exact) mass is 347 g/mol. The predicted octanol–water partition coefficient (Wildman–Crippen LogP) is 2.85. The Morgan fingerprint density at radius 1 is 1.29 bits per heavy atom. The molecule has 7 nitrogen and oxygen atoms in total. The predicted molar refractivity (Wildman–Crippen MR) is 88.0 cm³/mol. The Morgan fingerprint density at radius 2 is 2.04 bits per heavy atom. The molecule has 1 N–H and O–H groups in total. The summed E-state index contributed by atoms with van der Waals surface area (Å²) in [6, 6.07) is 6.54. The highest BCUT2D eigenvalue weighted by Crippen LogP contribution is 2.39. The van der Waals surface area contributed by atoms with Crippen LogP contribution in [-0.4, -0.2) is 34.4 Å². The smallest absolute Gasteiger partial charge is 0.338 e. The number of ether oxygens (including phenoxy) is 1. The van der Waals surface area contributed by atoms with Gasteiger partial charge in [0.1, 0.15) is 0 Å². The molecule has 1 aromatic carbocycles. The van der Waals surface area contributed by atoms with Gasteiger partial charge in [0.2, 0.25) is 11.8 Å². The van der Waals surface area contributed by atoms with Crippen LogP contribution in [-0.2, 0) is 9.53 Å². The number of aromatic nitrogens is 2. The number of amides is 1. The molecule has 0 bridgehead atoms. The van der Waals surface area contributed by atoms with E-state index in [1.165, 1.54) is 11.8 Å². The van der Waals surface area contributed by atoms with Gasteiger partial charge in [0.15, 0.2) is 0 Å². The van der Waals surface area contributed by atoms with Gasteiger partial charge in [0, 0.05) is 11.6 Å². The van der Waals surface area contributed by atoms with E-state index in [1.54, 1.807) is 31.2 Å². The zero-order chi connectivity index (χ0) is 16.9. The molecule has 126 valence electrons. The molecule has 1 aliphatic rings. The lowest BCUT2D eigenvalue weighted by atomic mass is 10.2. The second kappa shape index (κ2) is 7.48. The van der Waals surface area contributed by atoms with E-state index in [-0.39, 0.29) is 17.6 Å². The molecule has 2 aromatic rings. The van der Waals surface area contributed by atoms with Gasteiger partial charge in [-0.05, 0) is 44.0 Å². The highest BCUT2D eigenvalue weighted by molar-refractivity contribution is 7.99. The number of hydrogen-bond acceptors (Lipinski definition) is 7. The van der Waals surface area contributed by atoms with Crippen molar-refractivity contribution in [1.82, 2.24) is 10.2 Å². The number of esters is 1. The van der Waals surface area contributed by atoms with Crippen LogP contribution in [0, 0.1) is 0 Å². The third-order valence-electron chi connectivity index (χ3n) is 3.36. The normalized spacial score (nSPS) is 13.5. The van der Waals surface area contributed by atoms with Crippen LogP contribution >= 0.6 is 11.8 Å². The Morgan fingerprint density at radius 3 is 2.71 bits per heavy atom. The highest BCUT2D eigenvalue weighted by atomic mass is 32.2. The SMILES string of the molecule is CCOC(=O)c1ccc(NC(=O)CSc2nnc(C3CC3)o2)cc1. The van der Waals surface area contributed by atoms with Gasteiger partial charge < -0.3 is 14.5 Å². The Bertz CT molecular complexity index is 725. The van der Waals surface area contributed by atoms with Gasteiger partial charge in [0.25, 0.3) is 5.22 Å². The van der Waals surface area contributed by atoms with E-state index >= 15 is 0 Å². The lowest BCUT2D eigenvalue weighted by Gasteiger charge is -2.05. The van der Waals surface area contributed by atoms with E-state index in [1.807, 2.05) is 0 Å². The number of anilines is 1. The summed E-state index contributed by atoms with van der Waals surface area (Å²) in [5.74, 6) is 0.668. The van der Waals surface area contributed by atoms with Crippen molar-refractivity contribution in [3.05, 3.63) is 35.7 Å². The number of thioether (sulfide) groups is 1. The van der Waals surface area contributed by atoms with Crippen LogP contribution in [0.4, 0.5) is 5.69 Å². The minimum absolute atomic E-state index is 0.173. The molecule has 1 amide bonds. The second-order valence-corrected chi connectivity index (χ2v) is 6.24. The largest absolute Gasteiger partial charge is 0.462 e. The summed E-state index contributed by atoms with van der Waals surface area (Å²) in [6.45, 7) is 2.08. The molecule has 0 saturated heterocycles. The summed E-state index contributed by atoms with van der Waals surface area (Å²) in [5.41, 5.74) is 1.06. The van der Waals surface area contributed by atoms with Crippen molar-refractivity contribution < 1.29 is 18.7 Å². The van der Waals surface area contributed by atoms with Gasteiger partial charge in [0.05, 0.1) is 17.9 Å². The van der Waals surface area contributed by atoms with Crippen LogP contribution in [0.25, 0.3) is 0 Å². The summed E-state index contributed by atoms with van der Waals surface area (Å²) in [5, 5.41) is 11.0. The van der Waals surface area contributed by atoms with Crippen molar-refractivity contribution in [3.8, 4) is 0 Å². The third-order valence-corrected chi connectivity index (χ3v) is 4.17. The van der Waals surface area contributed by atoms with Crippen molar-refractivity contribution in [1.29, 1.82) is 0 Å². The third kappa shape index (κ3) is 4.35. The molecular weight excluding hydrogens is 330 g/mol. The minimum atomic E-state index is -0.381. The summed E-state index contributed by atoms with van der Waals surface area (Å²) < 4.78 is 10.4. The molecule has 0 aliphatic heterocycles. The van der Waals surface area contributed by atoms with Gasteiger partial charge in [-0.1, -0.05) is 11.8 Å². The molecule has 1 fully saturated rings. The van der Waals surface area contributed by atoms with E-state index in [9.17, 15) is 9.59 Å². The maximum atomic E-state index is 11.9. The molecular formula is C16H17N3O4S. The first-order valence-electron chi connectivity index (χ1n) is 7.69. The van der Waals surface area contributed by atoms with Crippen LogP contribution in [0.5, 0.6) is 0 Å². The summed E-state index contributed by atoms with van der Waals surface area (Å²) in [6.07, 6.45) is 2.18. The molecule has 8 heteroatoms. The number of benzene rings is 1. The van der Waals surface area contributed by atoms with Gasteiger partial charge >= 0.3 is 5.97 Å². The molecule has 1 aromatic heterocycles. The molecule has 0 atom stereocenters. The molecule has 3 rings (SSSR count). The number of carbonyl (C=O) groups excluding carboxylic acids is 2. The fourth-order valence-electron chi connectivity index (χ4n) is 2.00. The van der Waals surface area contributed by atoms with E-state index in [4.69, 9.17) is 9.15 Å². The Kier molecular flexibility index (Phi) is 5.14. The van der Waals surface area contributed by atoms with E-state index in [2.05, 4.69) is 15.5 Å². The quantitative estimate of drug-likeness (QED) is 0.608. The average Bonchev–Trinajstić information content (AvgIpc) is 3.32. The van der Waals surface area contributed by atoms with E-state index in [0.29, 0.717) is 34.9 Å². The number of nitrogens with one attached hydrogen (secondary N) is 1. The maximum Gasteiger partial charge on any atom is 0.338 e. The standard InChI is InChI=1S/C16H17N3O4S/c1-2-22-15(21)11-5-7-12(8-6-11)17-13(20)9-24-16-19-18-14(23-16)10-3-4-10/h5-8,10H,2-4,9H2,1H3,(H,17,20). The number of nitrogens with zero attached hydrogens (tertiary/aromatic N) is 2. The number of carbonyl (C=O) groups is 2. The van der Waals surface area contributed by atoms with Gasteiger partial charge in [-0.15, -0.1) is 10.2 Å². The molecule has 1 heterocycles. The Labute approximate surface area is 143 Å². The van der Waals surface area contributed by atoms with Crippen LogP contribution in [0.2, 0.25) is 0 Å². The maximum absolute atomic E-state index is 11.9. The number of hydrogen-bond donors (Lipinski definition) is 1. The van der Waals surface area contributed by atoms with Crippen LogP contribution in [0.3, 0.4) is 0 Å². The second-order valence-electron chi connectivity index (χ2n) is 5.32. The van der Waals surface area contributed by atoms with Crippen LogP contribution in [0.1, 0.15) is 41.9 Å². The first kappa shape index (κ1) is 16.5. The Balaban J connectivity index is 1.47. The van der Waals surface area contributed by atoms with Gasteiger partial charge in [-0.2, -0.15) is 0 Å². The summed E-state index contributed by atoms with van der Waals surface area (Å²) >= 11 is 1.20. The van der Waals surface area contributed by atoms with Crippen LogP contribution in [0.15, 0.2) is 33.9 Å².